The molecule has 9 heteroatoms. The predicted octanol–water partition coefficient (Wildman–Crippen LogP) is 1.95. The van der Waals surface area contributed by atoms with E-state index in [1.807, 2.05) is 0 Å². The van der Waals surface area contributed by atoms with Crippen LogP contribution in [0, 0.1) is 12.8 Å². The second-order valence-electron chi connectivity index (χ2n) is 4.88. The van der Waals surface area contributed by atoms with Crippen molar-refractivity contribution >= 4 is 23.5 Å². The van der Waals surface area contributed by atoms with Crippen molar-refractivity contribution in [2.24, 2.45) is 5.92 Å². The normalized spacial score (nSPS) is 12.4. The Hall–Kier alpha value is -2.58. The van der Waals surface area contributed by atoms with E-state index < -0.39 is 36.4 Å². The van der Waals surface area contributed by atoms with E-state index in [-0.39, 0.29) is 11.3 Å². The lowest BCUT2D eigenvalue weighted by Gasteiger charge is -2.13. The van der Waals surface area contributed by atoms with Crippen LogP contribution in [0.3, 0.4) is 0 Å². The molecule has 6 nitrogen and oxygen atoms in total. The average Bonchev–Trinajstić information content (AvgIpc) is 2.45. The van der Waals surface area contributed by atoms with Gasteiger partial charge in [-0.3, -0.25) is 14.4 Å². The molecule has 0 aliphatic heterocycles. The smallest absolute Gasteiger partial charge is 0.405 e. The van der Waals surface area contributed by atoms with E-state index in [0.717, 1.165) is 0 Å². The molecule has 0 saturated carbocycles. The number of hydrogen-bond donors (Lipinski definition) is 3. The summed E-state index contributed by atoms with van der Waals surface area (Å²) >= 11 is 0. The number of aliphatic carboxylic acids is 1. The predicted molar refractivity (Wildman–Crippen MR) is 75.0 cm³/mol. The first-order valence-electron chi connectivity index (χ1n) is 6.50. The number of benzene rings is 1. The number of carbonyl (C=O) groups is 3. The molecule has 1 atom stereocenters. The van der Waals surface area contributed by atoms with E-state index in [0.29, 0.717) is 5.56 Å². The van der Waals surface area contributed by atoms with Crippen molar-refractivity contribution in [3.05, 3.63) is 29.3 Å². The molecule has 1 rings (SSSR count). The fourth-order valence-electron chi connectivity index (χ4n) is 1.53. The SMILES string of the molecule is Cc1ccc(C(=O)NCC(F)(F)F)cc1NC(=O)[C@@H](C)C(=O)O. The number of amides is 2. The zero-order chi connectivity index (χ0) is 17.8. The van der Waals surface area contributed by atoms with Crippen LogP contribution in [0.25, 0.3) is 0 Å². The number of alkyl halides is 3. The summed E-state index contributed by atoms with van der Waals surface area (Å²) in [5, 5.41) is 12.8. The van der Waals surface area contributed by atoms with Crippen molar-refractivity contribution in [2.75, 3.05) is 11.9 Å². The highest BCUT2D eigenvalue weighted by Gasteiger charge is 2.28. The van der Waals surface area contributed by atoms with E-state index in [9.17, 15) is 27.6 Å². The molecule has 126 valence electrons. The molecule has 3 N–H and O–H groups in total. The summed E-state index contributed by atoms with van der Waals surface area (Å²) in [7, 11) is 0. The summed E-state index contributed by atoms with van der Waals surface area (Å²) in [5.41, 5.74) is 0.601. The van der Waals surface area contributed by atoms with Crippen LogP contribution in [0.2, 0.25) is 0 Å². The van der Waals surface area contributed by atoms with Crippen LogP contribution in [0.15, 0.2) is 18.2 Å². The molecule has 0 bridgehead atoms. The molecule has 0 heterocycles. The molecule has 0 aliphatic rings. The number of aryl methyl sites for hydroxylation is 1. The van der Waals surface area contributed by atoms with Crippen molar-refractivity contribution in [1.82, 2.24) is 5.32 Å². The standard InChI is InChI=1S/C14H15F3N2O4/c1-7-3-4-9(12(21)18-6-14(15,16)17)5-10(7)19-11(20)8(2)13(22)23/h3-5,8H,6H2,1-2H3,(H,18,21)(H,19,20)(H,22,23)/t8-/m1/s1. The quantitative estimate of drug-likeness (QED) is 0.718. The van der Waals surface area contributed by atoms with E-state index >= 15 is 0 Å². The zero-order valence-corrected chi connectivity index (χ0v) is 12.3. The number of carbonyl (C=O) groups excluding carboxylic acids is 2. The van der Waals surface area contributed by atoms with Crippen LogP contribution < -0.4 is 10.6 Å². The Morgan fingerprint density at radius 1 is 1.26 bits per heavy atom. The lowest BCUT2D eigenvalue weighted by Crippen LogP contribution is -2.33. The van der Waals surface area contributed by atoms with E-state index in [1.54, 1.807) is 12.2 Å². The molecule has 1 aromatic rings. The van der Waals surface area contributed by atoms with Gasteiger partial charge in [0.1, 0.15) is 12.5 Å². The van der Waals surface area contributed by atoms with Gasteiger partial charge in [-0.15, -0.1) is 0 Å². The number of carboxylic acid groups (broad SMARTS) is 1. The monoisotopic (exact) mass is 332 g/mol. The maximum atomic E-state index is 12.1. The van der Waals surface area contributed by atoms with Crippen molar-refractivity contribution in [3.63, 3.8) is 0 Å². The minimum absolute atomic E-state index is 0.0851. The molecule has 0 radical (unpaired) electrons. The molecule has 2 amide bonds. The Balaban J connectivity index is 2.89. The molecular weight excluding hydrogens is 317 g/mol. The van der Waals surface area contributed by atoms with Gasteiger partial charge in [0.05, 0.1) is 0 Å². The van der Waals surface area contributed by atoms with E-state index in [4.69, 9.17) is 5.11 Å². The lowest BCUT2D eigenvalue weighted by molar-refractivity contribution is -0.144. The van der Waals surface area contributed by atoms with Crippen LogP contribution >= 0.6 is 0 Å². The van der Waals surface area contributed by atoms with E-state index in [2.05, 4.69) is 5.32 Å². The number of anilines is 1. The second-order valence-corrected chi connectivity index (χ2v) is 4.88. The first-order chi connectivity index (χ1) is 10.5. The summed E-state index contributed by atoms with van der Waals surface area (Å²) in [6.45, 7) is 1.31. The minimum Gasteiger partial charge on any atom is -0.481 e. The first-order valence-corrected chi connectivity index (χ1v) is 6.50. The van der Waals surface area contributed by atoms with Crippen LogP contribution in [0.1, 0.15) is 22.8 Å². The third-order valence-corrected chi connectivity index (χ3v) is 2.97. The van der Waals surface area contributed by atoms with Crippen LogP contribution in [0.5, 0.6) is 0 Å². The maximum Gasteiger partial charge on any atom is 0.405 e. The van der Waals surface area contributed by atoms with Crippen LogP contribution in [-0.4, -0.2) is 35.6 Å². The number of halogens is 3. The minimum atomic E-state index is -4.53. The van der Waals surface area contributed by atoms with Gasteiger partial charge >= 0.3 is 12.1 Å². The van der Waals surface area contributed by atoms with Gasteiger partial charge in [0.25, 0.3) is 5.91 Å². The van der Waals surface area contributed by atoms with Gasteiger partial charge in [-0.1, -0.05) is 6.07 Å². The molecule has 0 aliphatic carbocycles. The number of rotatable bonds is 5. The topological polar surface area (TPSA) is 95.5 Å². The fourth-order valence-corrected chi connectivity index (χ4v) is 1.53. The molecule has 0 fully saturated rings. The summed E-state index contributed by atoms with van der Waals surface area (Å²) in [4.78, 5) is 34.1. The highest BCUT2D eigenvalue weighted by Crippen LogP contribution is 2.19. The van der Waals surface area contributed by atoms with Gasteiger partial charge in [0.15, 0.2) is 0 Å². The molecule has 1 aromatic carbocycles. The van der Waals surface area contributed by atoms with Gasteiger partial charge in [-0.05, 0) is 31.5 Å². The van der Waals surface area contributed by atoms with Gasteiger partial charge in [0, 0.05) is 11.3 Å². The third kappa shape index (κ3) is 5.61. The highest BCUT2D eigenvalue weighted by molar-refractivity contribution is 6.05. The zero-order valence-electron chi connectivity index (χ0n) is 12.3. The number of nitrogens with one attached hydrogen (secondary N) is 2. The van der Waals surface area contributed by atoms with Crippen LogP contribution in [-0.2, 0) is 9.59 Å². The fraction of sp³-hybridized carbons (Fsp3) is 0.357. The Bertz CT molecular complexity index is 629. The molecule has 23 heavy (non-hydrogen) atoms. The molecular formula is C14H15F3N2O4. The summed E-state index contributed by atoms with van der Waals surface area (Å²) in [6, 6.07) is 3.92. The van der Waals surface area contributed by atoms with Crippen molar-refractivity contribution in [3.8, 4) is 0 Å². The van der Waals surface area contributed by atoms with Crippen LogP contribution in [0.4, 0.5) is 18.9 Å². The first kappa shape index (κ1) is 18.5. The van der Waals surface area contributed by atoms with Gasteiger partial charge in [-0.2, -0.15) is 13.2 Å². The molecule has 0 saturated heterocycles. The Labute approximate surface area is 129 Å². The Morgan fingerprint density at radius 2 is 1.87 bits per heavy atom. The highest BCUT2D eigenvalue weighted by atomic mass is 19.4. The molecule has 0 aromatic heterocycles. The lowest BCUT2D eigenvalue weighted by atomic mass is 10.1. The third-order valence-electron chi connectivity index (χ3n) is 2.97. The second kappa shape index (κ2) is 7.12. The van der Waals surface area contributed by atoms with Gasteiger partial charge in [0.2, 0.25) is 5.91 Å². The summed E-state index contributed by atoms with van der Waals surface area (Å²) in [6.07, 6.45) is -4.53. The number of hydrogen-bond acceptors (Lipinski definition) is 3. The summed E-state index contributed by atoms with van der Waals surface area (Å²) in [5.74, 6) is -4.38. The van der Waals surface area contributed by atoms with Crippen molar-refractivity contribution in [2.45, 2.75) is 20.0 Å². The van der Waals surface area contributed by atoms with Crippen molar-refractivity contribution in [1.29, 1.82) is 0 Å². The molecule has 0 unspecified atom stereocenters. The largest absolute Gasteiger partial charge is 0.481 e. The average molecular weight is 332 g/mol. The van der Waals surface area contributed by atoms with Crippen molar-refractivity contribution < 1.29 is 32.7 Å². The Morgan fingerprint density at radius 3 is 2.39 bits per heavy atom. The summed E-state index contributed by atoms with van der Waals surface area (Å²) < 4.78 is 36.3. The molecule has 0 spiro atoms. The Kier molecular flexibility index (Phi) is 5.72. The number of carboxylic acids is 1. The maximum absolute atomic E-state index is 12.1. The van der Waals surface area contributed by atoms with E-state index in [1.165, 1.54) is 25.1 Å². The van der Waals surface area contributed by atoms with Gasteiger partial charge < -0.3 is 15.7 Å². The van der Waals surface area contributed by atoms with Gasteiger partial charge in [-0.25, -0.2) is 0 Å².